The summed E-state index contributed by atoms with van der Waals surface area (Å²) in [6.45, 7) is 0.861. The molecule has 3 N–H and O–H groups in total. The van der Waals surface area contributed by atoms with Gasteiger partial charge in [0, 0.05) is 12.1 Å². The highest BCUT2D eigenvalue weighted by molar-refractivity contribution is 5.93. The molecule has 2 heterocycles. The van der Waals surface area contributed by atoms with Gasteiger partial charge in [-0.1, -0.05) is 12.1 Å². The molecular weight excluding hydrogens is 216 g/mol. The van der Waals surface area contributed by atoms with Crippen LogP contribution in [0.3, 0.4) is 0 Å². The van der Waals surface area contributed by atoms with Crippen molar-refractivity contribution >= 4 is 11.6 Å². The smallest absolute Gasteiger partial charge is 0.224 e. The number of carbonyl (C=O) groups excluding carboxylic acids is 1. The van der Waals surface area contributed by atoms with E-state index >= 15 is 0 Å². The van der Waals surface area contributed by atoms with E-state index in [1.807, 2.05) is 12.1 Å². The van der Waals surface area contributed by atoms with Gasteiger partial charge in [0.15, 0.2) is 0 Å². The summed E-state index contributed by atoms with van der Waals surface area (Å²) < 4.78 is 0. The minimum Gasteiger partial charge on any atom is -0.391 e. The van der Waals surface area contributed by atoms with Crippen molar-refractivity contribution in [1.82, 2.24) is 5.32 Å². The van der Waals surface area contributed by atoms with Crippen LogP contribution in [0.4, 0.5) is 5.69 Å². The topological polar surface area (TPSA) is 61.4 Å². The molecule has 2 atom stereocenters. The van der Waals surface area contributed by atoms with Gasteiger partial charge in [-0.2, -0.15) is 0 Å². The maximum absolute atomic E-state index is 11.3. The molecule has 1 amide bonds. The summed E-state index contributed by atoms with van der Waals surface area (Å²) in [6, 6.07) is 6.06. The normalized spacial score (nSPS) is 27.7. The molecule has 0 radical (unpaired) electrons. The van der Waals surface area contributed by atoms with Crippen molar-refractivity contribution in [1.29, 1.82) is 0 Å². The van der Waals surface area contributed by atoms with Gasteiger partial charge in [-0.3, -0.25) is 4.79 Å². The fraction of sp³-hybridized carbons (Fsp3) is 0.462. The van der Waals surface area contributed by atoms with Gasteiger partial charge in [0.2, 0.25) is 5.91 Å². The number of hydrogen-bond acceptors (Lipinski definition) is 3. The van der Waals surface area contributed by atoms with Crippen molar-refractivity contribution in [2.24, 2.45) is 0 Å². The molecular formula is C13H16N2O2. The van der Waals surface area contributed by atoms with Crippen LogP contribution in [0.15, 0.2) is 18.2 Å². The Labute approximate surface area is 100 Å². The molecule has 1 fully saturated rings. The van der Waals surface area contributed by atoms with Gasteiger partial charge in [0.1, 0.15) is 0 Å². The number of benzene rings is 1. The van der Waals surface area contributed by atoms with Crippen LogP contribution in [0, 0.1) is 0 Å². The minimum absolute atomic E-state index is 0.0397. The van der Waals surface area contributed by atoms with E-state index in [-0.39, 0.29) is 18.1 Å². The summed E-state index contributed by atoms with van der Waals surface area (Å²) >= 11 is 0. The molecule has 90 valence electrons. The zero-order valence-corrected chi connectivity index (χ0v) is 9.57. The number of amides is 1. The third-order valence-electron chi connectivity index (χ3n) is 3.57. The maximum atomic E-state index is 11.3. The van der Waals surface area contributed by atoms with E-state index in [9.17, 15) is 9.90 Å². The van der Waals surface area contributed by atoms with Crippen molar-refractivity contribution in [2.75, 3.05) is 11.9 Å². The third-order valence-corrected chi connectivity index (χ3v) is 3.57. The lowest BCUT2D eigenvalue weighted by Crippen LogP contribution is -2.23. The van der Waals surface area contributed by atoms with Crippen LogP contribution in [-0.4, -0.2) is 23.7 Å². The Hall–Kier alpha value is -1.39. The second-order valence-electron chi connectivity index (χ2n) is 4.75. The maximum Gasteiger partial charge on any atom is 0.224 e. The van der Waals surface area contributed by atoms with Crippen molar-refractivity contribution in [3.05, 3.63) is 29.3 Å². The molecule has 4 heteroatoms. The predicted octanol–water partition coefficient (Wildman–Crippen LogP) is 0.967. The largest absolute Gasteiger partial charge is 0.391 e. The molecule has 0 bridgehead atoms. The Morgan fingerprint density at radius 1 is 1.29 bits per heavy atom. The number of fused-ring (bicyclic) bond motifs is 1. The van der Waals surface area contributed by atoms with E-state index < -0.39 is 0 Å². The first-order valence-electron chi connectivity index (χ1n) is 6.08. The highest BCUT2D eigenvalue weighted by atomic mass is 16.3. The lowest BCUT2D eigenvalue weighted by Gasteiger charge is -2.21. The van der Waals surface area contributed by atoms with Crippen LogP contribution in [0.5, 0.6) is 0 Å². The Morgan fingerprint density at radius 2 is 2.18 bits per heavy atom. The molecule has 0 saturated carbocycles. The van der Waals surface area contributed by atoms with Crippen LogP contribution in [0.1, 0.15) is 30.0 Å². The fourth-order valence-corrected chi connectivity index (χ4v) is 2.63. The Morgan fingerprint density at radius 3 is 2.94 bits per heavy atom. The van der Waals surface area contributed by atoms with Crippen molar-refractivity contribution in [3.8, 4) is 0 Å². The van der Waals surface area contributed by atoms with Crippen LogP contribution in [-0.2, 0) is 11.2 Å². The van der Waals surface area contributed by atoms with Gasteiger partial charge >= 0.3 is 0 Å². The van der Waals surface area contributed by atoms with Gasteiger partial charge in [-0.05, 0) is 36.6 Å². The van der Waals surface area contributed by atoms with Gasteiger partial charge in [0.25, 0.3) is 0 Å². The Kier molecular flexibility index (Phi) is 2.61. The summed E-state index contributed by atoms with van der Waals surface area (Å²) in [5.74, 6) is 0.0873. The summed E-state index contributed by atoms with van der Waals surface area (Å²) in [7, 11) is 0. The van der Waals surface area contributed by atoms with E-state index in [0.717, 1.165) is 30.6 Å². The second kappa shape index (κ2) is 4.13. The molecule has 2 aliphatic heterocycles. The van der Waals surface area contributed by atoms with Gasteiger partial charge in [-0.25, -0.2) is 0 Å². The molecule has 3 rings (SSSR count). The number of hydrogen-bond donors (Lipinski definition) is 3. The van der Waals surface area contributed by atoms with Gasteiger partial charge < -0.3 is 15.7 Å². The lowest BCUT2D eigenvalue weighted by atomic mass is 9.96. The third kappa shape index (κ3) is 1.94. The quantitative estimate of drug-likeness (QED) is 0.676. The number of carbonyl (C=O) groups is 1. The molecule has 0 spiro atoms. The monoisotopic (exact) mass is 232 g/mol. The molecule has 1 aromatic rings. The number of nitrogens with one attached hydrogen (secondary N) is 2. The molecule has 2 aliphatic rings. The molecule has 1 saturated heterocycles. The first-order chi connectivity index (χ1) is 8.24. The van der Waals surface area contributed by atoms with Crippen molar-refractivity contribution in [3.63, 3.8) is 0 Å². The Balaban J connectivity index is 1.90. The summed E-state index contributed by atoms with van der Waals surface area (Å²) in [6.07, 6.45) is 1.85. The minimum atomic E-state index is -0.300. The Bertz CT molecular complexity index is 459. The first kappa shape index (κ1) is 10.7. The summed E-state index contributed by atoms with van der Waals surface area (Å²) in [5.41, 5.74) is 3.20. The highest BCUT2D eigenvalue weighted by Gasteiger charge is 2.27. The van der Waals surface area contributed by atoms with Crippen molar-refractivity contribution in [2.45, 2.75) is 31.4 Å². The van der Waals surface area contributed by atoms with Crippen LogP contribution in [0.2, 0.25) is 0 Å². The molecule has 0 aliphatic carbocycles. The second-order valence-corrected chi connectivity index (χ2v) is 4.75. The number of aryl methyl sites for hydroxylation is 1. The van der Waals surface area contributed by atoms with E-state index in [1.165, 1.54) is 5.56 Å². The lowest BCUT2D eigenvalue weighted by molar-refractivity contribution is -0.116. The predicted molar refractivity (Wildman–Crippen MR) is 64.8 cm³/mol. The van der Waals surface area contributed by atoms with Gasteiger partial charge in [0.05, 0.1) is 12.1 Å². The number of aliphatic hydroxyl groups is 1. The fourth-order valence-electron chi connectivity index (χ4n) is 2.63. The standard InChI is InChI=1S/C13H16N2O2/c16-11-5-6-14-13(11)9-1-3-10-8(7-9)2-4-12(17)15-10/h1,3,7,11,13-14,16H,2,4-6H2,(H,15,17). The van der Waals surface area contributed by atoms with E-state index in [1.54, 1.807) is 0 Å². The average Bonchev–Trinajstić information content (AvgIpc) is 2.75. The summed E-state index contributed by atoms with van der Waals surface area (Å²) in [5, 5.41) is 16.0. The molecule has 0 aromatic heterocycles. The molecule has 1 aromatic carbocycles. The van der Waals surface area contributed by atoms with Gasteiger partial charge in [-0.15, -0.1) is 0 Å². The highest BCUT2D eigenvalue weighted by Crippen LogP contribution is 2.29. The van der Waals surface area contributed by atoms with Crippen molar-refractivity contribution < 1.29 is 9.90 Å². The van der Waals surface area contributed by atoms with E-state index in [0.29, 0.717) is 6.42 Å². The van der Waals surface area contributed by atoms with Crippen LogP contribution < -0.4 is 10.6 Å². The van der Waals surface area contributed by atoms with E-state index in [2.05, 4.69) is 16.7 Å². The number of aliphatic hydroxyl groups excluding tert-OH is 1. The zero-order valence-electron chi connectivity index (χ0n) is 9.57. The molecule has 4 nitrogen and oxygen atoms in total. The van der Waals surface area contributed by atoms with Crippen LogP contribution in [0.25, 0.3) is 0 Å². The average molecular weight is 232 g/mol. The van der Waals surface area contributed by atoms with Crippen LogP contribution >= 0.6 is 0 Å². The summed E-state index contributed by atoms with van der Waals surface area (Å²) in [4.78, 5) is 11.3. The number of anilines is 1. The zero-order chi connectivity index (χ0) is 11.8. The number of rotatable bonds is 1. The molecule has 17 heavy (non-hydrogen) atoms. The molecule has 2 unspecified atom stereocenters. The SMILES string of the molecule is O=C1CCc2cc(C3NCCC3O)ccc2N1. The van der Waals surface area contributed by atoms with E-state index in [4.69, 9.17) is 0 Å². The first-order valence-corrected chi connectivity index (χ1v) is 6.08.